The van der Waals surface area contributed by atoms with E-state index in [1.165, 1.54) is 0 Å². The quantitative estimate of drug-likeness (QED) is 0.610. The molecule has 1 heterocycles. The molecule has 0 saturated carbocycles. The molecule has 7 heteroatoms. The Kier molecular flexibility index (Phi) is 4.24. The average molecular weight is 297 g/mol. The number of ether oxygens (including phenoxy) is 1. The van der Waals surface area contributed by atoms with E-state index in [1.54, 1.807) is 31.2 Å². The fraction of sp³-hybridized carbons (Fsp3) is 0.308. The van der Waals surface area contributed by atoms with Gasteiger partial charge in [-0.2, -0.15) is 0 Å². The summed E-state index contributed by atoms with van der Waals surface area (Å²) in [4.78, 5) is 36.7. The molecule has 1 aromatic carbocycles. The Balaban J connectivity index is 1.95. The second-order valence-corrected chi connectivity index (χ2v) is 4.47. The molecule has 0 spiro atoms. The molecule has 1 aliphatic heterocycles. The van der Waals surface area contributed by atoms with Gasteiger partial charge in [0.1, 0.15) is 12.4 Å². The molecule has 0 aliphatic carbocycles. The molecule has 0 aromatic heterocycles. The van der Waals surface area contributed by atoms with Gasteiger partial charge in [-0.1, -0.05) is 23.7 Å². The van der Waals surface area contributed by atoms with Crippen molar-refractivity contribution < 1.29 is 19.1 Å². The first-order chi connectivity index (χ1) is 9.56. The minimum absolute atomic E-state index is 0.00509. The first-order valence-corrected chi connectivity index (χ1v) is 6.48. The Morgan fingerprint density at radius 1 is 1.10 bits per heavy atom. The summed E-state index contributed by atoms with van der Waals surface area (Å²) in [6, 6.07) is 6.27. The molecule has 1 aliphatic rings. The van der Waals surface area contributed by atoms with E-state index in [4.69, 9.17) is 16.3 Å². The van der Waals surface area contributed by atoms with Crippen LogP contribution in [0.1, 0.15) is 6.92 Å². The second-order valence-electron chi connectivity index (χ2n) is 4.07. The number of likely N-dealkylation sites (N-methyl/N-ethyl adjacent to an activating group) is 1. The number of rotatable bonds is 5. The topological polar surface area (TPSA) is 66.9 Å². The van der Waals surface area contributed by atoms with Crippen molar-refractivity contribution in [2.24, 2.45) is 0 Å². The summed E-state index contributed by atoms with van der Waals surface area (Å²) in [5, 5.41) is 0.442. The summed E-state index contributed by atoms with van der Waals surface area (Å²) in [6.07, 6.45) is 0. The molecular formula is C13H13ClN2O4. The third-order valence-electron chi connectivity index (χ3n) is 2.86. The molecule has 20 heavy (non-hydrogen) atoms. The SMILES string of the molecule is CCN1C(=O)C(=O)N(CCOc2ccccc2Cl)C1=O. The van der Waals surface area contributed by atoms with Gasteiger partial charge in [-0.3, -0.25) is 19.4 Å². The number of para-hydroxylation sites is 1. The van der Waals surface area contributed by atoms with E-state index in [0.29, 0.717) is 10.8 Å². The van der Waals surface area contributed by atoms with E-state index in [-0.39, 0.29) is 19.7 Å². The third kappa shape index (κ3) is 2.60. The van der Waals surface area contributed by atoms with Crippen LogP contribution in [0.25, 0.3) is 0 Å². The Hall–Kier alpha value is -2.08. The first kappa shape index (κ1) is 14.3. The Morgan fingerprint density at radius 3 is 2.35 bits per heavy atom. The monoisotopic (exact) mass is 296 g/mol. The van der Waals surface area contributed by atoms with Gasteiger partial charge in [0.15, 0.2) is 0 Å². The number of carbonyl (C=O) groups excluding carboxylic acids is 3. The number of nitrogens with zero attached hydrogens (tertiary/aromatic N) is 2. The lowest BCUT2D eigenvalue weighted by molar-refractivity contribution is -0.143. The lowest BCUT2D eigenvalue weighted by Gasteiger charge is -2.14. The van der Waals surface area contributed by atoms with Crippen molar-refractivity contribution >= 4 is 29.4 Å². The summed E-state index contributed by atoms with van der Waals surface area (Å²) in [7, 11) is 0. The molecule has 0 unspecified atom stereocenters. The van der Waals surface area contributed by atoms with Crippen LogP contribution in [0, 0.1) is 0 Å². The minimum Gasteiger partial charge on any atom is -0.490 e. The lowest BCUT2D eigenvalue weighted by Crippen LogP contribution is -2.36. The number of urea groups is 1. The molecule has 0 radical (unpaired) electrons. The zero-order valence-corrected chi connectivity index (χ0v) is 11.6. The molecule has 6 nitrogen and oxygen atoms in total. The van der Waals surface area contributed by atoms with Crippen LogP contribution in [-0.2, 0) is 9.59 Å². The number of hydrogen-bond acceptors (Lipinski definition) is 4. The maximum Gasteiger partial charge on any atom is 0.334 e. The van der Waals surface area contributed by atoms with E-state index < -0.39 is 17.8 Å². The van der Waals surface area contributed by atoms with Crippen molar-refractivity contribution in [3.05, 3.63) is 29.3 Å². The molecule has 106 valence electrons. The van der Waals surface area contributed by atoms with E-state index in [2.05, 4.69) is 0 Å². The van der Waals surface area contributed by atoms with Gasteiger partial charge in [-0.15, -0.1) is 0 Å². The van der Waals surface area contributed by atoms with Gasteiger partial charge in [-0.05, 0) is 19.1 Å². The summed E-state index contributed by atoms with van der Waals surface area (Å²) >= 11 is 5.91. The van der Waals surface area contributed by atoms with Gasteiger partial charge in [0, 0.05) is 6.54 Å². The van der Waals surface area contributed by atoms with Crippen LogP contribution in [0.5, 0.6) is 5.75 Å². The van der Waals surface area contributed by atoms with E-state index in [9.17, 15) is 14.4 Å². The van der Waals surface area contributed by atoms with Crippen molar-refractivity contribution in [2.45, 2.75) is 6.92 Å². The zero-order chi connectivity index (χ0) is 14.7. The van der Waals surface area contributed by atoms with Crippen LogP contribution in [0.4, 0.5) is 4.79 Å². The predicted molar refractivity (Wildman–Crippen MR) is 71.4 cm³/mol. The van der Waals surface area contributed by atoms with Crippen LogP contribution in [0.15, 0.2) is 24.3 Å². The molecule has 1 fully saturated rings. The van der Waals surface area contributed by atoms with Gasteiger partial charge >= 0.3 is 17.8 Å². The zero-order valence-electron chi connectivity index (χ0n) is 10.8. The van der Waals surface area contributed by atoms with Gasteiger partial charge < -0.3 is 4.74 Å². The third-order valence-corrected chi connectivity index (χ3v) is 3.17. The van der Waals surface area contributed by atoms with Gasteiger partial charge in [0.25, 0.3) is 0 Å². The molecule has 4 amide bonds. The highest BCUT2D eigenvalue weighted by molar-refractivity contribution is 6.44. The largest absolute Gasteiger partial charge is 0.490 e. The highest BCUT2D eigenvalue weighted by Crippen LogP contribution is 2.23. The number of amides is 4. The van der Waals surface area contributed by atoms with Gasteiger partial charge in [-0.25, -0.2) is 4.79 Å². The summed E-state index contributed by atoms with van der Waals surface area (Å²) in [6.45, 7) is 1.88. The Labute approximate surface area is 120 Å². The van der Waals surface area contributed by atoms with E-state index >= 15 is 0 Å². The molecule has 2 rings (SSSR count). The number of carbonyl (C=O) groups is 3. The van der Waals surface area contributed by atoms with E-state index in [0.717, 1.165) is 9.80 Å². The van der Waals surface area contributed by atoms with Gasteiger partial charge in [0.2, 0.25) is 0 Å². The number of hydrogen-bond donors (Lipinski definition) is 0. The van der Waals surface area contributed by atoms with Crippen molar-refractivity contribution in [3.8, 4) is 5.75 Å². The Morgan fingerprint density at radius 2 is 1.75 bits per heavy atom. The molecule has 0 bridgehead atoms. The van der Waals surface area contributed by atoms with Crippen LogP contribution < -0.4 is 4.74 Å². The highest BCUT2D eigenvalue weighted by Gasteiger charge is 2.43. The number of benzene rings is 1. The molecule has 1 aromatic rings. The first-order valence-electron chi connectivity index (χ1n) is 6.11. The summed E-state index contributed by atoms with van der Waals surface area (Å²) in [5.41, 5.74) is 0. The van der Waals surface area contributed by atoms with Gasteiger partial charge in [0.05, 0.1) is 11.6 Å². The average Bonchev–Trinajstić information content (AvgIpc) is 2.64. The van der Waals surface area contributed by atoms with Crippen molar-refractivity contribution in [1.82, 2.24) is 9.80 Å². The minimum atomic E-state index is -0.820. The van der Waals surface area contributed by atoms with Crippen LogP contribution in [0.3, 0.4) is 0 Å². The maximum absolute atomic E-state index is 11.8. The van der Waals surface area contributed by atoms with Crippen molar-refractivity contribution in [2.75, 3.05) is 19.7 Å². The number of imide groups is 2. The molecular weight excluding hydrogens is 284 g/mol. The normalized spacial score (nSPS) is 15.2. The van der Waals surface area contributed by atoms with Crippen LogP contribution in [-0.4, -0.2) is 47.3 Å². The summed E-state index contributed by atoms with van der Waals surface area (Å²) in [5.74, 6) is -1.15. The van der Waals surface area contributed by atoms with Crippen molar-refractivity contribution in [1.29, 1.82) is 0 Å². The standard InChI is InChI=1S/C13H13ClN2O4/c1-2-15-11(17)12(18)16(13(15)19)7-8-20-10-6-4-3-5-9(10)14/h3-6H,2,7-8H2,1H3. The fourth-order valence-corrected chi connectivity index (χ4v) is 2.03. The second kappa shape index (κ2) is 5.92. The summed E-state index contributed by atoms with van der Waals surface area (Å²) < 4.78 is 5.39. The smallest absolute Gasteiger partial charge is 0.334 e. The Bertz CT molecular complexity index is 561. The highest BCUT2D eigenvalue weighted by atomic mass is 35.5. The number of halogens is 1. The predicted octanol–water partition coefficient (Wildman–Crippen LogP) is 1.53. The molecule has 1 saturated heterocycles. The maximum atomic E-state index is 11.8. The van der Waals surface area contributed by atoms with Crippen LogP contribution >= 0.6 is 11.6 Å². The van der Waals surface area contributed by atoms with E-state index in [1.807, 2.05) is 0 Å². The van der Waals surface area contributed by atoms with Crippen LogP contribution in [0.2, 0.25) is 5.02 Å². The molecule has 0 N–H and O–H groups in total. The molecule has 0 atom stereocenters. The fourth-order valence-electron chi connectivity index (χ4n) is 1.84. The van der Waals surface area contributed by atoms with Crippen molar-refractivity contribution in [3.63, 3.8) is 0 Å². The lowest BCUT2D eigenvalue weighted by atomic mass is 10.3.